The lowest BCUT2D eigenvalue weighted by molar-refractivity contribution is -0.277. The van der Waals surface area contributed by atoms with Crippen molar-refractivity contribution in [1.29, 1.82) is 0 Å². The van der Waals surface area contributed by atoms with Crippen LogP contribution in [0.15, 0.2) is 70.2 Å². The van der Waals surface area contributed by atoms with Crippen LogP contribution in [0.25, 0.3) is 6.08 Å². The summed E-state index contributed by atoms with van der Waals surface area (Å²) in [5, 5.41) is 47.4. The van der Waals surface area contributed by atoms with Crippen molar-refractivity contribution in [3.63, 3.8) is 0 Å². The second-order valence-corrected chi connectivity index (χ2v) is 21.4. The zero-order valence-electron chi connectivity index (χ0n) is 38.7. The number of methoxy groups -OCH3 is 1. The van der Waals surface area contributed by atoms with Gasteiger partial charge in [0.25, 0.3) is 0 Å². The first-order valence-electron chi connectivity index (χ1n) is 22.9. The second-order valence-electron chi connectivity index (χ2n) is 20.2. The molecule has 10 rings (SSSR count). The quantitative estimate of drug-likeness (QED) is 0.0889. The van der Waals surface area contributed by atoms with Crippen molar-refractivity contribution >= 4 is 35.3 Å². The Balaban J connectivity index is 1.35. The molecule has 8 aliphatic rings. The highest BCUT2D eigenvalue weighted by Crippen LogP contribution is 2.75. The summed E-state index contributed by atoms with van der Waals surface area (Å²) < 4.78 is 40.6. The van der Waals surface area contributed by atoms with Crippen molar-refractivity contribution in [3.05, 3.63) is 82.0 Å². The van der Waals surface area contributed by atoms with E-state index in [1.54, 1.807) is 24.8 Å². The molecule has 14 heteroatoms. The standard InChI is InChI=1S/C51H63NO12S/c1-25(2)13-12-20-49(8)21-19-29-41(62-49)28(17-16-26(3)4)43-35(42(29)61-47-40(56)39(55)38(54)32(24-53)60-47)37-36-44(65-33-15-11-10-14-31(33)52-37)30-23-34-48(6,7)64-50(45(30)57,51(34,36)63-43)22-18-27(5)46(58)59-9/h10-11,13-16,18-19,21,30,32,34,36-40,44,47,52-56H,12,17,20,22-24H2,1-9H3/b27-18-/t30?,32-,34?,36?,37?,38-,39+,40-,44?,47+,49?,50?,51?/m1/s1. The number of para-hydroxylation sites is 1. The number of aliphatic hydroxyl groups excluding tert-OH is 4. The number of ketones is 1. The minimum atomic E-state index is -1.71. The predicted molar refractivity (Wildman–Crippen MR) is 245 cm³/mol. The molecular weight excluding hydrogens is 851 g/mol. The molecule has 0 aromatic heterocycles. The SMILES string of the molecule is COC(=O)/C(C)=C\CC12OC(C)(C)C3CC(C1=O)C1Sc4ccccc4NC4c5c(O[C@@H]6O[C@H](CO)[C@@H](O)[C@H](O)[C@H]6O)c6c(c(CC=C(C)C)c5OC32C41)OC(C)(CCC=C(C)C)C=C6. The summed E-state index contributed by atoms with van der Waals surface area (Å²) in [5.74, 6) is -0.538. The number of benzene rings is 2. The molecule has 65 heavy (non-hydrogen) atoms. The van der Waals surface area contributed by atoms with E-state index in [-0.39, 0.29) is 29.1 Å². The highest BCUT2D eigenvalue weighted by atomic mass is 32.2. The molecule has 350 valence electrons. The summed E-state index contributed by atoms with van der Waals surface area (Å²) in [6, 6.07) is 7.43. The van der Waals surface area contributed by atoms with Crippen LogP contribution in [-0.2, 0) is 30.2 Å². The van der Waals surface area contributed by atoms with Gasteiger partial charge in [-0.3, -0.25) is 4.79 Å². The number of Topliss-reactive ketones (excluding diaryl/α,β-unsaturated/α-hetero) is 1. The average Bonchev–Trinajstić information content (AvgIpc) is 3.34. The molecule has 8 unspecified atom stereocenters. The molecular formula is C51H63NO12S. The molecule has 5 aliphatic heterocycles. The lowest BCUT2D eigenvalue weighted by atomic mass is 9.45. The van der Waals surface area contributed by atoms with Gasteiger partial charge in [0.1, 0.15) is 47.3 Å². The third kappa shape index (κ3) is 7.11. The van der Waals surface area contributed by atoms with Gasteiger partial charge in [0.15, 0.2) is 17.0 Å². The van der Waals surface area contributed by atoms with Crippen molar-refractivity contribution in [2.24, 2.45) is 17.8 Å². The number of anilines is 1. The Bertz CT molecular complexity index is 2400. The largest absolute Gasteiger partial charge is 0.482 e. The molecule has 0 amide bonds. The van der Waals surface area contributed by atoms with Crippen LogP contribution in [0.1, 0.15) is 104 Å². The highest BCUT2D eigenvalue weighted by molar-refractivity contribution is 8.00. The van der Waals surface area contributed by atoms with Crippen LogP contribution >= 0.6 is 11.8 Å². The van der Waals surface area contributed by atoms with E-state index in [0.29, 0.717) is 47.5 Å². The van der Waals surface area contributed by atoms with E-state index in [4.69, 9.17) is 28.4 Å². The Kier molecular flexibility index (Phi) is 11.7. The summed E-state index contributed by atoms with van der Waals surface area (Å²) in [5.41, 5.74) is 0.942. The van der Waals surface area contributed by atoms with E-state index >= 15 is 4.79 Å². The number of thioether (sulfide) groups is 1. The van der Waals surface area contributed by atoms with Gasteiger partial charge in [0, 0.05) is 51.1 Å². The Morgan fingerprint density at radius 1 is 0.969 bits per heavy atom. The zero-order valence-corrected chi connectivity index (χ0v) is 39.5. The lowest BCUT2D eigenvalue weighted by Crippen LogP contribution is -2.79. The smallest absolute Gasteiger partial charge is 0.333 e. The number of rotatable bonds is 11. The first-order chi connectivity index (χ1) is 30.8. The third-order valence-corrected chi connectivity index (χ3v) is 16.5. The van der Waals surface area contributed by atoms with Crippen molar-refractivity contribution in [3.8, 4) is 17.2 Å². The van der Waals surface area contributed by atoms with Gasteiger partial charge in [0.05, 0.1) is 36.5 Å². The van der Waals surface area contributed by atoms with Crippen molar-refractivity contribution < 1.29 is 58.4 Å². The van der Waals surface area contributed by atoms with Gasteiger partial charge in [-0.15, -0.1) is 11.8 Å². The van der Waals surface area contributed by atoms with Gasteiger partial charge >= 0.3 is 5.97 Å². The number of nitrogens with one attached hydrogen (secondary N) is 1. The van der Waals surface area contributed by atoms with E-state index in [1.807, 2.05) is 65.0 Å². The molecule has 2 aromatic rings. The van der Waals surface area contributed by atoms with Gasteiger partial charge in [-0.05, 0) is 105 Å². The molecule has 2 aromatic carbocycles. The third-order valence-electron chi connectivity index (χ3n) is 15.0. The number of ether oxygens (including phenoxy) is 6. The molecule has 13 nitrogen and oxygen atoms in total. The van der Waals surface area contributed by atoms with Gasteiger partial charge < -0.3 is 54.2 Å². The lowest BCUT2D eigenvalue weighted by Gasteiger charge is -2.65. The van der Waals surface area contributed by atoms with Gasteiger partial charge in [0.2, 0.25) is 6.29 Å². The van der Waals surface area contributed by atoms with Gasteiger partial charge in [-0.25, -0.2) is 4.79 Å². The number of hydrogen-bond donors (Lipinski definition) is 5. The molecule has 2 saturated heterocycles. The number of carbonyl (C=O) groups excluding carboxylic acids is 2. The Hall–Kier alpha value is -4.15. The van der Waals surface area contributed by atoms with E-state index in [1.165, 1.54) is 12.7 Å². The summed E-state index contributed by atoms with van der Waals surface area (Å²) in [7, 11) is 1.33. The van der Waals surface area contributed by atoms with Gasteiger partial charge in [-0.2, -0.15) is 0 Å². The van der Waals surface area contributed by atoms with Crippen LogP contribution in [0.3, 0.4) is 0 Å². The molecule has 1 spiro atoms. The van der Waals surface area contributed by atoms with E-state index in [9.17, 15) is 25.2 Å². The van der Waals surface area contributed by atoms with Crippen molar-refractivity contribution in [1.82, 2.24) is 0 Å². The number of hydrogen-bond acceptors (Lipinski definition) is 14. The zero-order chi connectivity index (χ0) is 46.5. The van der Waals surface area contributed by atoms with Crippen LogP contribution in [0.5, 0.6) is 17.2 Å². The molecule has 3 aliphatic carbocycles. The van der Waals surface area contributed by atoms with E-state index in [2.05, 4.69) is 37.4 Å². The first-order valence-corrected chi connectivity index (χ1v) is 23.7. The number of fused-ring (bicyclic) bond motifs is 4. The van der Waals surface area contributed by atoms with Gasteiger partial charge in [-0.1, -0.05) is 41.5 Å². The monoisotopic (exact) mass is 913 g/mol. The summed E-state index contributed by atoms with van der Waals surface area (Å²) in [6.07, 6.45) is 4.66. The fraction of sp³-hybridized carbons (Fsp3) is 0.569. The second kappa shape index (κ2) is 16.6. The normalized spacial score (nSPS) is 36.6. The van der Waals surface area contributed by atoms with Crippen molar-refractivity contribution in [2.45, 2.75) is 157 Å². The Labute approximate surface area is 385 Å². The number of aliphatic hydroxyl groups is 4. The fourth-order valence-corrected chi connectivity index (χ4v) is 13.5. The molecule has 5 N–H and O–H groups in total. The van der Waals surface area contributed by atoms with E-state index < -0.39 is 83.6 Å². The molecule has 5 fully saturated rings. The summed E-state index contributed by atoms with van der Waals surface area (Å²) >= 11 is 1.67. The van der Waals surface area contributed by atoms with Crippen LogP contribution in [0.2, 0.25) is 0 Å². The van der Waals surface area contributed by atoms with E-state index in [0.717, 1.165) is 28.1 Å². The molecule has 5 heterocycles. The topological polar surface area (TPSA) is 182 Å². The Morgan fingerprint density at radius 2 is 1.71 bits per heavy atom. The van der Waals surface area contributed by atoms with Crippen LogP contribution in [-0.4, -0.2) is 104 Å². The van der Waals surface area contributed by atoms with Crippen molar-refractivity contribution in [2.75, 3.05) is 19.0 Å². The maximum absolute atomic E-state index is 15.7. The highest BCUT2D eigenvalue weighted by Gasteiger charge is 2.85. The number of allylic oxidation sites excluding steroid dienone is 4. The predicted octanol–water partition coefficient (Wildman–Crippen LogP) is 6.94. The molecule has 0 radical (unpaired) electrons. The minimum Gasteiger partial charge on any atom is -0.482 e. The minimum absolute atomic E-state index is 0.0591. The number of carbonyl (C=O) groups is 2. The van der Waals surface area contributed by atoms with Crippen LogP contribution in [0, 0.1) is 17.8 Å². The summed E-state index contributed by atoms with van der Waals surface area (Å²) in [4.78, 5) is 29.6. The summed E-state index contributed by atoms with van der Waals surface area (Å²) in [6.45, 7) is 15.3. The maximum atomic E-state index is 15.7. The fourth-order valence-electron chi connectivity index (χ4n) is 11.9. The maximum Gasteiger partial charge on any atom is 0.333 e. The number of esters is 1. The average molecular weight is 914 g/mol. The molecule has 13 atom stereocenters. The Morgan fingerprint density at radius 3 is 2.42 bits per heavy atom. The van der Waals surface area contributed by atoms with Crippen LogP contribution in [0.4, 0.5) is 5.69 Å². The molecule has 3 saturated carbocycles. The van der Waals surface area contributed by atoms with Crippen LogP contribution < -0.4 is 19.5 Å². The molecule has 4 bridgehead atoms. The first kappa shape index (κ1) is 46.0.